The van der Waals surface area contributed by atoms with Crippen LogP contribution in [0.1, 0.15) is 25.5 Å². The molecule has 0 aliphatic carbocycles. The zero-order chi connectivity index (χ0) is 10.0. The van der Waals surface area contributed by atoms with Crippen molar-refractivity contribution in [3.05, 3.63) is 28.2 Å². The lowest BCUT2D eigenvalue weighted by Crippen LogP contribution is -2.08. The SMILES string of the molecule is CC(C)C(O)c1cc(Br)cnc1F. The largest absolute Gasteiger partial charge is 0.388 e. The third-order valence-electron chi connectivity index (χ3n) is 1.78. The van der Waals surface area contributed by atoms with Crippen LogP contribution < -0.4 is 0 Å². The first-order valence-corrected chi connectivity index (χ1v) is 4.80. The van der Waals surface area contributed by atoms with Crippen molar-refractivity contribution in [3.63, 3.8) is 0 Å². The Kier molecular flexibility index (Phi) is 3.39. The maximum Gasteiger partial charge on any atom is 0.218 e. The molecule has 72 valence electrons. The van der Waals surface area contributed by atoms with Crippen molar-refractivity contribution in [1.29, 1.82) is 0 Å². The zero-order valence-electron chi connectivity index (χ0n) is 7.46. The Morgan fingerprint density at radius 3 is 2.69 bits per heavy atom. The van der Waals surface area contributed by atoms with Gasteiger partial charge in [-0.2, -0.15) is 4.39 Å². The summed E-state index contributed by atoms with van der Waals surface area (Å²) in [4.78, 5) is 3.51. The number of nitrogens with zero attached hydrogens (tertiary/aromatic N) is 1. The molecule has 2 nitrogen and oxygen atoms in total. The van der Waals surface area contributed by atoms with Crippen molar-refractivity contribution in [2.75, 3.05) is 0 Å². The minimum Gasteiger partial charge on any atom is -0.388 e. The Morgan fingerprint density at radius 2 is 2.15 bits per heavy atom. The van der Waals surface area contributed by atoms with Gasteiger partial charge < -0.3 is 5.11 Å². The smallest absolute Gasteiger partial charge is 0.218 e. The molecule has 0 bridgehead atoms. The van der Waals surface area contributed by atoms with E-state index in [1.54, 1.807) is 6.07 Å². The van der Waals surface area contributed by atoms with Crippen LogP contribution in [-0.2, 0) is 0 Å². The summed E-state index contributed by atoms with van der Waals surface area (Å²) >= 11 is 3.17. The summed E-state index contributed by atoms with van der Waals surface area (Å²) in [7, 11) is 0. The van der Waals surface area contributed by atoms with Gasteiger partial charge in [0.05, 0.1) is 6.10 Å². The Hall–Kier alpha value is -0.480. The van der Waals surface area contributed by atoms with Crippen LogP contribution in [0, 0.1) is 11.9 Å². The molecule has 0 saturated heterocycles. The van der Waals surface area contributed by atoms with E-state index in [1.807, 2.05) is 13.8 Å². The van der Waals surface area contributed by atoms with Crippen molar-refractivity contribution < 1.29 is 9.50 Å². The molecular formula is C9H11BrFNO. The molecule has 4 heteroatoms. The quantitative estimate of drug-likeness (QED) is 0.816. The van der Waals surface area contributed by atoms with Gasteiger partial charge in [-0.3, -0.25) is 0 Å². The van der Waals surface area contributed by atoms with Gasteiger partial charge in [-0.15, -0.1) is 0 Å². The Bertz CT molecular complexity index is 304. The fraction of sp³-hybridized carbons (Fsp3) is 0.444. The molecule has 1 aromatic rings. The van der Waals surface area contributed by atoms with Crippen LogP contribution in [0.4, 0.5) is 4.39 Å². The van der Waals surface area contributed by atoms with Gasteiger partial charge in [-0.1, -0.05) is 13.8 Å². The van der Waals surface area contributed by atoms with Crippen LogP contribution in [0.2, 0.25) is 0 Å². The van der Waals surface area contributed by atoms with Gasteiger partial charge in [0.2, 0.25) is 5.95 Å². The molecule has 0 aromatic carbocycles. The number of aliphatic hydroxyl groups is 1. The molecule has 0 aliphatic heterocycles. The van der Waals surface area contributed by atoms with Gasteiger partial charge in [0, 0.05) is 16.2 Å². The number of aliphatic hydroxyl groups excluding tert-OH is 1. The average Bonchev–Trinajstić information content (AvgIpc) is 2.08. The van der Waals surface area contributed by atoms with Crippen molar-refractivity contribution in [1.82, 2.24) is 4.98 Å². The highest BCUT2D eigenvalue weighted by atomic mass is 79.9. The molecule has 0 saturated carbocycles. The van der Waals surface area contributed by atoms with Gasteiger partial charge in [0.15, 0.2) is 0 Å². The minimum atomic E-state index is -0.801. The lowest BCUT2D eigenvalue weighted by atomic mass is 10.0. The molecule has 1 atom stereocenters. The lowest BCUT2D eigenvalue weighted by molar-refractivity contribution is 0.122. The molecule has 1 rings (SSSR count). The van der Waals surface area contributed by atoms with Gasteiger partial charge in [-0.25, -0.2) is 4.98 Å². The van der Waals surface area contributed by atoms with Crippen LogP contribution in [0.3, 0.4) is 0 Å². The summed E-state index contributed by atoms with van der Waals surface area (Å²) in [6.45, 7) is 3.65. The van der Waals surface area contributed by atoms with Crippen molar-refractivity contribution >= 4 is 15.9 Å². The third-order valence-corrected chi connectivity index (χ3v) is 2.22. The number of hydrogen-bond acceptors (Lipinski definition) is 2. The van der Waals surface area contributed by atoms with E-state index >= 15 is 0 Å². The predicted molar refractivity (Wildman–Crippen MR) is 51.7 cm³/mol. The molecule has 1 aromatic heterocycles. The van der Waals surface area contributed by atoms with Gasteiger partial charge in [-0.05, 0) is 27.9 Å². The van der Waals surface area contributed by atoms with Crippen LogP contribution in [0.5, 0.6) is 0 Å². The molecule has 0 radical (unpaired) electrons. The molecule has 13 heavy (non-hydrogen) atoms. The molecule has 1 heterocycles. The maximum atomic E-state index is 13.1. The monoisotopic (exact) mass is 247 g/mol. The highest BCUT2D eigenvalue weighted by Gasteiger charge is 2.17. The summed E-state index contributed by atoms with van der Waals surface area (Å²) in [5.74, 6) is -0.630. The van der Waals surface area contributed by atoms with E-state index in [0.717, 1.165) is 0 Å². The summed E-state index contributed by atoms with van der Waals surface area (Å²) in [5, 5.41) is 9.60. The zero-order valence-corrected chi connectivity index (χ0v) is 9.05. The number of hydrogen-bond donors (Lipinski definition) is 1. The highest BCUT2D eigenvalue weighted by Crippen LogP contribution is 2.25. The van der Waals surface area contributed by atoms with E-state index in [-0.39, 0.29) is 11.5 Å². The second-order valence-corrected chi connectivity index (χ2v) is 4.14. The number of pyridine rings is 1. The topological polar surface area (TPSA) is 33.1 Å². The molecule has 0 fully saturated rings. The number of rotatable bonds is 2. The Balaban J connectivity index is 3.05. The van der Waals surface area contributed by atoms with Crippen LogP contribution in [0.25, 0.3) is 0 Å². The van der Waals surface area contributed by atoms with E-state index < -0.39 is 12.1 Å². The van der Waals surface area contributed by atoms with E-state index in [1.165, 1.54) is 6.20 Å². The van der Waals surface area contributed by atoms with Crippen LogP contribution in [-0.4, -0.2) is 10.1 Å². The van der Waals surface area contributed by atoms with Crippen LogP contribution in [0.15, 0.2) is 16.7 Å². The Labute approximate surface area is 84.9 Å². The van der Waals surface area contributed by atoms with Gasteiger partial charge in [0.1, 0.15) is 0 Å². The van der Waals surface area contributed by atoms with E-state index in [0.29, 0.717) is 4.47 Å². The molecule has 0 aliphatic rings. The second kappa shape index (κ2) is 4.15. The summed E-state index contributed by atoms with van der Waals surface area (Å²) in [6, 6.07) is 1.55. The first-order valence-electron chi connectivity index (χ1n) is 4.01. The molecular weight excluding hydrogens is 237 g/mol. The third kappa shape index (κ3) is 2.48. The molecule has 0 amide bonds. The normalized spacial score (nSPS) is 13.4. The molecule has 0 spiro atoms. The average molecular weight is 248 g/mol. The first-order chi connectivity index (χ1) is 6.02. The standard InChI is InChI=1S/C9H11BrFNO/c1-5(2)8(13)7-3-6(10)4-12-9(7)11/h3-5,8,13H,1-2H3. The summed E-state index contributed by atoms with van der Waals surface area (Å²) in [5.41, 5.74) is 0.240. The fourth-order valence-electron chi connectivity index (χ4n) is 1.00. The second-order valence-electron chi connectivity index (χ2n) is 3.22. The summed E-state index contributed by atoms with van der Waals surface area (Å²) < 4.78 is 13.8. The highest BCUT2D eigenvalue weighted by molar-refractivity contribution is 9.10. The summed E-state index contributed by atoms with van der Waals surface area (Å²) in [6.07, 6.45) is 0.566. The molecule has 1 unspecified atom stereocenters. The number of aromatic nitrogens is 1. The van der Waals surface area contributed by atoms with E-state index in [2.05, 4.69) is 20.9 Å². The predicted octanol–water partition coefficient (Wildman–Crippen LogP) is 2.67. The van der Waals surface area contributed by atoms with Gasteiger partial charge >= 0.3 is 0 Å². The van der Waals surface area contributed by atoms with E-state index in [4.69, 9.17) is 0 Å². The number of halogens is 2. The van der Waals surface area contributed by atoms with Crippen molar-refractivity contribution in [2.45, 2.75) is 20.0 Å². The minimum absolute atomic E-state index is 0.0226. The maximum absolute atomic E-state index is 13.1. The van der Waals surface area contributed by atoms with E-state index in [9.17, 15) is 9.50 Å². The molecule has 1 N–H and O–H groups in total. The van der Waals surface area contributed by atoms with Crippen LogP contribution >= 0.6 is 15.9 Å². The first kappa shape index (κ1) is 10.6. The fourth-order valence-corrected chi connectivity index (χ4v) is 1.35. The van der Waals surface area contributed by atoms with Crippen molar-refractivity contribution in [2.24, 2.45) is 5.92 Å². The lowest BCUT2D eigenvalue weighted by Gasteiger charge is -2.14. The van der Waals surface area contributed by atoms with Gasteiger partial charge in [0.25, 0.3) is 0 Å². The Morgan fingerprint density at radius 1 is 1.54 bits per heavy atom. The van der Waals surface area contributed by atoms with Crippen molar-refractivity contribution in [3.8, 4) is 0 Å².